The van der Waals surface area contributed by atoms with Gasteiger partial charge in [0.05, 0.1) is 36.0 Å². The molecule has 0 aliphatic carbocycles. The van der Waals surface area contributed by atoms with Gasteiger partial charge in [-0.3, -0.25) is 19.5 Å². The number of aromatic nitrogens is 2. The van der Waals surface area contributed by atoms with Gasteiger partial charge in [-0.15, -0.1) is 0 Å². The minimum atomic E-state index is -0.649. The van der Waals surface area contributed by atoms with E-state index < -0.39 is 11.9 Å². The third-order valence-corrected chi connectivity index (χ3v) is 9.65. The van der Waals surface area contributed by atoms with Gasteiger partial charge in [0.25, 0.3) is 5.91 Å². The number of nitrogens with zero attached hydrogens (tertiary/aromatic N) is 3. The van der Waals surface area contributed by atoms with Crippen LogP contribution in [0, 0.1) is 0 Å². The van der Waals surface area contributed by atoms with Crippen molar-refractivity contribution in [3.63, 3.8) is 0 Å². The molecule has 2 fully saturated rings. The zero-order valence-corrected chi connectivity index (χ0v) is 30.4. The number of benzene rings is 4. The summed E-state index contributed by atoms with van der Waals surface area (Å²) in [5, 5.41) is 12.6. The summed E-state index contributed by atoms with van der Waals surface area (Å²) in [6, 6.07) is 31.2. The first-order valence-electron chi connectivity index (χ1n) is 18.3. The fourth-order valence-electron chi connectivity index (χ4n) is 7.04. The molecule has 0 radical (unpaired) electrons. The predicted octanol–water partition coefficient (Wildman–Crippen LogP) is 7.07. The first kappa shape index (κ1) is 36.4. The topological polar surface area (TPSA) is 123 Å². The van der Waals surface area contributed by atoms with E-state index in [0.717, 1.165) is 58.3 Å². The lowest BCUT2D eigenvalue weighted by atomic mass is 9.98. The van der Waals surface area contributed by atoms with Gasteiger partial charge in [-0.2, -0.15) is 0 Å². The van der Waals surface area contributed by atoms with Crippen molar-refractivity contribution in [2.24, 2.45) is 0 Å². The summed E-state index contributed by atoms with van der Waals surface area (Å²) in [7, 11) is 0. The molecule has 5 aromatic rings. The number of hydrogen-bond acceptors (Lipinski definition) is 9. The first-order chi connectivity index (χ1) is 25.6. The molecule has 10 heteroatoms. The second kappa shape index (κ2) is 15.9. The molecular formula is C43H46N4O6. The molecule has 2 aliphatic rings. The molecule has 4 unspecified atom stereocenters. The summed E-state index contributed by atoms with van der Waals surface area (Å²) in [5.74, 6) is -0.477. The van der Waals surface area contributed by atoms with E-state index in [-0.39, 0.29) is 42.4 Å². The molecular weight excluding hydrogens is 668 g/mol. The number of fused-ring (bicyclic) bond motifs is 1. The lowest BCUT2D eigenvalue weighted by Crippen LogP contribution is -2.45. The summed E-state index contributed by atoms with van der Waals surface area (Å²) in [4.78, 5) is 37.1. The molecule has 10 nitrogen and oxygen atoms in total. The predicted molar refractivity (Wildman–Crippen MR) is 201 cm³/mol. The number of esters is 1. The third kappa shape index (κ3) is 8.97. The van der Waals surface area contributed by atoms with Crippen molar-refractivity contribution in [1.82, 2.24) is 20.2 Å². The van der Waals surface area contributed by atoms with Crippen LogP contribution >= 0.6 is 0 Å². The Bertz CT molecular complexity index is 2060. The van der Waals surface area contributed by atoms with Crippen molar-refractivity contribution in [1.29, 1.82) is 0 Å². The minimum absolute atomic E-state index is 0.0271. The number of amides is 1. The molecule has 53 heavy (non-hydrogen) atoms. The normalized spacial score (nSPS) is 20.7. The SMILES string of the molecule is CC(C)(C)OC(=O)C1CCCN1CC1CC(c2ccc(CO)cc2)OC(c2cccc(-c3cccc(CNC(=O)c4cnc5ccccc5n4)c3)c2)O1. The van der Waals surface area contributed by atoms with Crippen molar-refractivity contribution in [2.75, 3.05) is 13.1 Å². The number of aliphatic hydroxyl groups is 1. The van der Waals surface area contributed by atoms with Crippen LogP contribution in [0.25, 0.3) is 22.2 Å². The lowest BCUT2D eigenvalue weighted by molar-refractivity contribution is -0.253. The summed E-state index contributed by atoms with van der Waals surface area (Å²) in [6.07, 6.45) is 2.69. The fraction of sp³-hybridized carbons (Fsp3) is 0.349. The number of carbonyl (C=O) groups is 2. The van der Waals surface area contributed by atoms with E-state index >= 15 is 0 Å². The maximum Gasteiger partial charge on any atom is 0.323 e. The highest BCUT2D eigenvalue weighted by Gasteiger charge is 2.39. The van der Waals surface area contributed by atoms with Gasteiger partial charge in [0.15, 0.2) is 6.29 Å². The molecule has 0 saturated carbocycles. The van der Waals surface area contributed by atoms with Crippen molar-refractivity contribution in [3.05, 3.63) is 131 Å². The number of nitrogens with one attached hydrogen (secondary N) is 1. The van der Waals surface area contributed by atoms with Gasteiger partial charge < -0.3 is 24.6 Å². The van der Waals surface area contributed by atoms with E-state index in [1.165, 1.54) is 6.20 Å². The van der Waals surface area contributed by atoms with Crippen LogP contribution in [0.2, 0.25) is 0 Å². The van der Waals surface area contributed by atoms with Crippen LogP contribution in [-0.2, 0) is 32.2 Å². The molecule has 2 N–H and O–H groups in total. The largest absolute Gasteiger partial charge is 0.459 e. The second-order valence-electron chi connectivity index (χ2n) is 14.8. The van der Waals surface area contributed by atoms with Crippen LogP contribution in [0.5, 0.6) is 0 Å². The maximum absolute atomic E-state index is 13.1. The molecule has 4 atom stereocenters. The molecule has 2 aliphatic heterocycles. The van der Waals surface area contributed by atoms with Crippen LogP contribution in [0.1, 0.15) is 85.2 Å². The molecule has 7 rings (SSSR count). The molecule has 1 amide bonds. The van der Waals surface area contributed by atoms with Crippen LogP contribution < -0.4 is 5.32 Å². The van der Waals surface area contributed by atoms with E-state index in [1.54, 1.807) is 0 Å². The molecule has 0 spiro atoms. The molecule has 274 valence electrons. The number of aliphatic hydroxyl groups excluding tert-OH is 1. The Morgan fingerprint density at radius 1 is 0.887 bits per heavy atom. The number of carbonyl (C=O) groups excluding carboxylic acids is 2. The standard InChI is InChI=1S/C43H46N4O6/c1-43(2,3)53-41(50)38-15-8-20-47(38)26-34-23-39(30-18-16-28(27-48)17-19-30)52-42(51-34)33-12-7-11-32(22-33)31-10-6-9-29(21-31)24-45-40(49)37-25-44-35-13-4-5-14-36(35)46-37/h4-7,9-14,16-19,21-22,25,34,38-39,42,48H,8,15,20,23-24,26-27H2,1-3H3,(H,45,49). The van der Waals surface area contributed by atoms with E-state index in [2.05, 4.69) is 32.3 Å². The summed E-state index contributed by atoms with van der Waals surface area (Å²) >= 11 is 0. The highest BCUT2D eigenvalue weighted by molar-refractivity contribution is 5.93. The Labute approximate surface area is 310 Å². The van der Waals surface area contributed by atoms with E-state index in [1.807, 2.05) is 106 Å². The Balaban J connectivity index is 1.08. The molecule has 1 aromatic heterocycles. The summed E-state index contributed by atoms with van der Waals surface area (Å²) < 4.78 is 19.1. The summed E-state index contributed by atoms with van der Waals surface area (Å²) in [6.45, 7) is 7.37. The van der Waals surface area contributed by atoms with Gasteiger partial charge in [0.1, 0.15) is 17.3 Å². The van der Waals surface area contributed by atoms with E-state index in [4.69, 9.17) is 14.2 Å². The fourth-order valence-corrected chi connectivity index (χ4v) is 7.04. The highest BCUT2D eigenvalue weighted by Crippen LogP contribution is 2.40. The van der Waals surface area contributed by atoms with Gasteiger partial charge in [-0.1, -0.05) is 72.8 Å². The van der Waals surface area contributed by atoms with Crippen LogP contribution in [0.3, 0.4) is 0 Å². The van der Waals surface area contributed by atoms with Crippen LogP contribution in [0.4, 0.5) is 0 Å². The average Bonchev–Trinajstić information content (AvgIpc) is 3.64. The number of hydrogen-bond donors (Lipinski definition) is 2. The molecule has 0 bridgehead atoms. The quantitative estimate of drug-likeness (QED) is 0.146. The Morgan fingerprint density at radius 2 is 1.64 bits per heavy atom. The zero-order chi connectivity index (χ0) is 37.0. The summed E-state index contributed by atoms with van der Waals surface area (Å²) in [5.41, 5.74) is 6.77. The number of rotatable bonds is 10. The smallest absolute Gasteiger partial charge is 0.323 e. The van der Waals surface area contributed by atoms with Gasteiger partial charge in [-0.05, 0) is 92.2 Å². The van der Waals surface area contributed by atoms with Crippen LogP contribution in [-0.4, -0.2) is 62.7 Å². The van der Waals surface area contributed by atoms with Crippen LogP contribution in [0.15, 0.2) is 103 Å². The van der Waals surface area contributed by atoms with Gasteiger partial charge in [-0.25, -0.2) is 4.98 Å². The van der Waals surface area contributed by atoms with Crippen molar-refractivity contribution < 1.29 is 28.9 Å². The average molecular weight is 715 g/mol. The molecule has 2 saturated heterocycles. The Hall–Kier alpha value is -5.00. The monoisotopic (exact) mass is 714 g/mol. The van der Waals surface area contributed by atoms with E-state index in [0.29, 0.717) is 25.0 Å². The van der Waals surface area contributed by atoms with E-state index in [9.17, 15) is 14.7 Å². The minimum Gasteiger partial charge on any atom is -0.459 e. The molecule has 3 heterocycles. The van der Waals surface area contributed by atoms with Gasteiger partial charge in [0.2, 0.25) is 0 Å². The van der Waals surface area contributed by atoms with Crippen molar-refractivity contribution >= 4 is 22.9 Å². The van der Waals surface area contributed by atoms with Crippen molar-refractivity contribution in [3.8, 4) is 11.1 Å². The number of ether oxygens (including phenoxy) is 3. The zero-order valence-electron chi connectivity index (χ0n) is 30.4. The molecule has 4 aromatic carbocycles. The number of likely N-dealkylation sites (tertiary alicyclic amines) is 1. The van der Waals surface area contributed by atoms with Gasteiger partial charge >= 0.3 is 5.97 Å². The van der Waals surface area contributed by atoms with Gasteiger partial charge in [0, 0.05) is 25.1 Å². The number of para-hydroxylation sites is 2. The third-order valence-electron chi connectivity index (χ3n) is 9.65. The highest BCUT2D eigenvalue weighted by atomic mass is 16.7. The van der Waals surface area contributed by atoms with Crippen molar-refractivity contribution in [2.45, 2.75) is 83.3 Å². The lowest BCUT2D eigenvalue weighted by Gasteiger charge is -2.38. The second-order valence-corrected chi connectivity index (χ2v) is 14.8. The maximum atomic E-state index is 13.1. The Morgan fingerprint density at radius 3 is 2.42 bits per heavy atom. The Kier molecular flexibility index (Phi) is 10.9. The first-order valence-corrected chi connectivity index (χ1v) is 18.3.